The van der Waals surface area contributed by atoms with Crippen molar-refractivity contribution in [1.29, 1.82) is 0 Å². The molecule has 2 amide bonds. The summed E-state index contributed by atoms with van der Waals surface area (Å²) in [4.78, 5) is 28.3. The summed E-state index contributed by atoms with van der Waals surface area (Å²) in [6.45, 7) is 6.34. The van der Waals surface area contributed by atoms with Gasteiger partial charge in [0.25, 0.3) is 5.91 Å². The second-order valence-corrected chi connectivity index (χ2v) is 9.19. The van der Waals surface area contributed by atoms with Crippen molar-refractivity contribution in [2.75, 3.05) is 4.90 Å². The van der Waals surface area contributed by atoms with Crippen molar-refractivity contribution in [3.63, 3.8) is 0 Å². The number of hydrogen-bond donors (Lipinski definition) is 1. The van der Waals surface area contributed by atoms with Gasteiger partial charge >= 0.3 is 0 Å². The molecule has 0 bridgehead atoms. The van der Waals surface area contributed by atoms with Crippen molar-refractivity contribution in [2.45, 2.75) is 76.8 Å². The summed E-state index contributed by atoms with van der Waals surface area (Å²) in [6.07, 6.45) is 5.80. The molecule has 2 aliphatic rings. The van der Waals surface area contributed by atoms with Gasteiger partial charge in [-0.2, -0.15) is 0 Å². The summed E-state index contributed by atoms with van der Waals surface area (Å²) >= 11 is 0. The zero-order valence-electron chi connectivity index (χ0n) is 18.3. The number of nitrogens with one attached hydrogen (secondary N) is 1. The van der Waals surface area contributed by atoms with Gasteiger partial charge in [-0.3, -0.25) is 14.5 Å². The topological polar surface area (TPSA) is 49.4 Å². The molecule has 4 rings (SSSR count). The average Bonchev–Trinajstić information content (AvgIpc) is 2.74. The van der Waals surface area contributed by atoms with E-state index in [2.05, 4.69) is 31.3 Å². The number of aryl methyl sites for hydroxylation is 1. The van der Waals surface area contributed by atoms with Crippen LogP contribution in [-0.2, 0) is 15.1 Å². The molecule has 0 radical (unpaired) electrons. The van der Waals surface area contributed by atoms with Gasteiger partial charge in [-0.1, -0.05) is 75.1 Å². The molecule has 1 N–H and O–H groups in total. The molecule has 1 saturated carbocycles. The van der Waals surface area contributed by atoms with Gasteiger partial charge < -0.3 is 5.32 Å². The Kier molecular flexibility index (Phi) is 5.68. The smallest absolute Gasteiger partial charge is 0.251 e. The summed E-state index contributed by atoms with van der Waals surface area (Å²) < 4.78 is 0. The Morgan fingerprint density at radius 1 is 1.00 bits per heavy atom. The Bertz CT molecular complexity index is 911. The van der Waals surface area contributed by atoms with Gasteiger partial charge in [0, 0.05) is 11.7 Å². The van der Waals surface area contributed by atoms with Crippen LogP contribution in [0.1, 0.15) is 75.0 Å². The standard InChI is InChI=1S/C26H32N2O2/c1-18(2)20-11-13-21(14-12-20)26(25(30)27-22-7-5-4-6-8-22)17-24(29)28(26)23-15-9-19(3)10-16-23/h9-16,18,22H,4-8,17H2,1-3H3,(H,27,30)/t26-/m0/s1. The largest absolute Gasteiger partial charge is 0.351 e. The molecule has 1 heterocycles. The third kappa shape index (κ3) is 3.64. The van der Waals surface area contributed by atoms with Crippen LogP contribution >= 0.6 is 0 Å². The van der Waals surface area contributed by atoms with Gasteiger partial charge in [0.05, 0.1) is 6.42 Å². The van der Waals surface area contributed by atoms with Gasteiger partial charge in [-0.05, 0) is 48.9 Å². The maximum atomic E-state index is 13.7. The molecule has 1 aliphatic carbocycles. The SMILES string of the molecule is Cc1ccc(N2C(=O)C[C@@]2(C(=O)NC2CCCCC2)c2ccc(C(C)C)cc2)cc1. The lowest BCUT2D eigenvalue weighted by molar-refractivity contribution is -0.141. The Morgan fingerprint density at radius 2 is 1.63 bits per heavy atom. The van der Waals surface area contributed by atoms with E-state index in [-0.39, 0.29) is 24.3 Å². The Hall–Kier alpha value is -2.62. The highest BCUT2D eigenvalue weighted by Gasteiger charge is 2.58. The summed E-state index contributed by atoms with van der Waals surface area (Å²) in [6, 6.07) is 16.3. The third-order valence-electron chi connectivity index (χ3n) is 6.70. The number of anilines is 1. The van der Waals surface area contributed by atoms with Gasteiger partial charge in [-0.15, -0.1) is 0 Å². The number of carbonyl (C=O) groups excluding carboxylic acids is 2. The molecule has 0 aromatic heterocycles. The first-order valence-corrected chi connectivity index (χ1v) is 11.2. The van der Waals surface area contributed by atoms with E-state index in [1.807, 2.05) is 43.3 Å². The van der Waals surface area contributed by atoms with Crippen LogP contribution < -0.4 is 10.2 Å². The van der Waals surface area contributed by atoms with E-state index in [0.717, 1.165) is 42.5 Å². The van der Waals surface area contributed by atoms with Crippen molar-refractivity contribution >= 4 is 17.5 Å². The average molecular weight is 405 g/mol. The minimum Gasteiger partial charge on any atom is -0.351 e. The monoisotopic (exact) mass is 404 g/mol. The zero-order valence-corrected chi connectivity index (χ0v) is 18.3. The Morgan fingerprint density at radius 3 is 2.20 bits per heavy atom. The molecule has 1 saturated heterocycles. The van der Waals surface area contributed by atoms with Gasteiger partial charge in [0.2, 0.25) is 5.91 Å². The molecular weight excluding hydrogens is 372 g/mol. The van der Waals surface area contributed by atoms with Crippen LogP contribution in [-0.4, -0.2) is 17.9 Å². The lowest BCUT2D eigenvalue weighted by atomic mass is 9.75. The van der Waals surface area contributed by atoms with E-state index < -0.39 is 5.54 Å². The van der Waals surface area contributed by atoms with Crippen molar-refractivity contribution in [1.82, 2.24) is 5.32 Å². The number of nitrogens with zero attached hydrogens (tertiary/aromatic N) is 1. The van der Waals surface area contributed by atoms with Gasteiger partial charge in [-0.25, -0.2) is 0 Å². The number of carbonyl (C=O) groups is 2. The van der Waals surface area contributed by atoms with Crippen molar-refractivity contribution in [3.05, 3.63) is 65.2 Å². The van der Waals surface area contributed by atoms with E-state index in [4.69, 9.17) is 0 Å². The fraction of sp³-hybridized carbons (Fsp3) is 0.462. The zero-order chi connectivity index (χ0) is 21.3. The lowest BCUT2D eigenvalue weighted by Gasteiger charge is -2.51. The van der Waals surface area contributed by atoms with Crippen LogP contribution in [0.2, 0.25) is 0 Å². The second kappa shape index (κ2) is 8.25. The highest BCUT2D eigenvalue weighted by Crippen LogP contribution is 2.45. The fourth-order valence-corrected chi connectivity index (χ4v) is 4.80. The molecule has 0 unspecified atom stereocenters. The van der Waals surface area contributed by atoms with Crippen LogP contribution in [0, 0.1) is 6.92 Å². The molecule has 2 aromatic rings. The number of benzene rings is 2. The Labute approximate surface area is 179 Å². The first kappa shape index (κ1) is 20.6. The molecule has 1 aliphatic heterocycles. The van der Waals surface area contributed by atoms with E-state index in [1.54, 1.807) is 4.90 Å². The minimum absolute atomic E-state index is 0.00872. The lowest BCUT2D eigenvalue weighted by Crippen LogP contribution is -2.69. The van der Waals surface area contributed by atoms with Crippen LogP contribution in [0.25, 0.3) is 0 Å². The first-order chi connectivity index (χ1) is 14.4. The molecule has 4 nitrogen and oxygen atoms in total. The third-order valence-corrected chi connectivity index (χ3v) is 6.70. The highest BCUT2D eigenvalue weighted by atomic mass is 16.2. The van der Waals surface area contributed by atoms with Crippen molar-refractivity contribution in [2.24, 2.45) is 0 Å². The molecule has 4 heteroatoms. The van der Waals surface area contributed by atoms with Crippen LogP contribution in [0.4, 0.5) is 5.69 Å². The predicted molar refractivity (Wildman–Crippen MR) is 121 cm³/mol. The molecule has 30 heavy (non-hydrogen) atoms. The summed E-state index contributed by atoms with van der Waals surface area (Å²) in [5.74, 6) is 0.361. The van der Waals surface area contributed by atoms with Crippen LogP contribution in [0.5, 0.6) is 0 Å². The minimum atomic E-state index is -0.973. The highest BCUT2D eigenvalue weighted by molar-refractivity contribution is 6.13. The second-order valence-electron chi connectivity index (χ2n) is 9.19. The van der Waals surface area contributed by atoms with E-state index in [1.165, 1.54) is 12.0 Å². The summed E-state index contributed by atoms with van der Waals surface area (Å²) in [7, 11) is 0. The molecule has 2 fully saturated rings. The maximum absolute atomic E-state index is 13.7. The van der Waals surface area contributed by atoms with Crippen LogP contribution in [0.15, 0.2) is 48.5 Å². The predicted octanol–water partition coefficient (Wildman–Crippen LogP) is 5.20. The first-order valence-electron chi connectivity index (χ1n) is 11.2. The Balaban J connectivity index is 1.73. The molecule has 0 spiro atoms. The van der Waals surface area contributed by atoms with E-state index >= 15 is 0 Å². The van der Waals surface area contributed by atoms with Crippen molar-refractivity contribution < 1.29 is 9.59 Å². The molecule has 158 valence electrons. The molecule has 1 atom stereocenters. The number of hydrogen-bond acceptors (Lipinski definition) is 2. The molecule has 2 aromatic carbocycles. The number of β-lactam (4-membered cyclic amide) rings is 1. The van der Waals surface area contributed by atoms with E-state index in [0.29, 0.717) is 5.92 Å². The van der Waals surface area contributed by atoms with Crippen LogP contribution in [0.3, 0.4) is 0 Å². The normalized spacial score (nSPS) is 22.1. The maximum Gasteiger partial charge on any atom is 0.251 e. The van der Waals surface area contributed by atoms with Gasteiger partial charge in [0.15, 0.2) is 5.54 Å². The fourth-order valence-electron chi connectivity index (χ4n) is 4.80. The number of rotatable bonds is 5. The molecular formula is C26H32N2O2. The summed E-state index contributed by atoms with van der Waals surface area (Å²) in [5.41, 5.74) is 3.06. The van der Waals surface area contributed by atoms with E-state index in [9.17, 15) is 9.59 Å². The quantitative estimate of drug-likeness (QED) is 0.697. The van der Waals surface area contributed by atoms with Gasteiger partial charge in [0.1, 0.15) is 0 Å². The summed E-state index contributed by atoms with van der Waals surface area (Å²) in [5, 5.41) is 3.30. The van der Waals surface area contributed by atoms with Crippen molar-refractivity contribution in [3.8, 4) is 0 Å². The number of amides is 2.